The Balaban J connectivity index is 1.85. The molecular weight excluding hydrogens is 314 g/mol. The molecule has 1 aromatic heterocycles. The minimum Gasteiger partial charge on any atom is -0.334 e. The Bertz CT molecular complexity index is 886. The summed E-state index contributed by atoms with van der Waals surface area (Å²) in [7, 11) is 0. The zero-order chi connectivity index (χ0) is 17.9. The molecule has 0 radical (unpaired) electrons. The maximum absolute atomic E-state index is 12.7. The largest absolute Gasteiger partial charge is 0.334 e. The number of nitrogens with zero attached hydrogens (tertiary/aromatic N) is 2. The van der Waals surface area contributed by atoms with Crippen molar-refractivity contribution in [2.24, 2.45) is 0 Å². The van der Waals surface area contributed by atoms with Crippen LogP contribution in [0.4, 0.5) is 0 Å². The molecule has 1 saturated carbocycles. The lowest BCUT2D eigenvalue weighted by Crippen LogP contribution is -2.47. The van der Waals surface area contributed by atoms with Crippen molar-refractivity contribution in [2.45, 2.75) is 44.7 Å². The summed E-state index contributed by atoms with van der Waals surface area (Å²) < 4.78 is 1.53. The number of pyridine rings is 1. The first-order valence-electron chi connectivity index (χ1n) is 8.52. The Morgan fingerprint density at radius 1 is 1.28 bits per heavy atom. The van der Waals surface area contributed by atoms with Gasteiger partial charge in [-0.3, -0.25) is 9.59 Å². The van der Waals surface area contributed by atoms with E-state index in [2.05, 4.69) is 11.4 Å². The molecular formula is C20H21N3O2. The van der Waals surface area contributed by atoms with Gasteiger partial charge in [0.1, 0.15) is 11.1 Å². The first kappa shape index (κ1) is 17.0. The van der Waals surface area contributed by atoms with E-state index in [1.54, 1.807) is 12.3 Å². The second-order valence-electron chi connectivity index (χ2n) is 6.70. The number of carbonyl (C=O) groups excluding carboxylic acids is 1. The summed E-state index contributed by atoms with van der Waals surface area (Å²) in [6.45, 7) is 2.41. The monoisotopic (exact) mass is 335 g/mol. The first-order chi connectivity index (χ1) is 12.0. The highest BCUT2D eigenvalue weighted by atomic mass is 16.2. The van der Waals surface area contributed by atoms with Gasteiger partial charge in [-0.1, -0.05) is 29.8 Å². The van der Waals surface area contributed by atoms with E-state index in [1.807, 2.05) is 31.2 Å². The van der Waals surface area contributed by atoms with Crippen LogP contribution in [0.5, 0.6) is 0 Å². The van der Waals surface area contributed by atoms with Crippen molar-refractivity contribution in [3.63, 3.8) is 0 Å². The van der Waals surface area contributed by atoms with Gasteiger partial charge in [0.15, 0.2) is 0 Å². The van der Waals surface area contributed by atoms with Crippen molar-refractivity contribution in [3.05, 3.63) is 69.6 Å². The second kappa shape index (κ2) is 6.94. The lowest BCUT2D eigenvalue weighted by atomic mass is 9.99. The fourth-order valence-corrected chi connectivity index (χ4v) is 3.37. The Hall–Kier alpha value is -2.87. The van der Waals surface area contributed by atoms with E-state index < -0.39 is 11.4 Å². The molecule has 0 unspecified atom stereocenters. The summed E-state index contributed by atoms with van der Waals surface area (Å²) in [6, 6.07) is 13.3. The van der Waals surface area contributed by atoms with Gasteiger partial charge >= 0.3 is 0 Å². The van der Waals surface area contributed by atoms with Crippen molar-refractivity contribution in [1.29, 1.82) is 5.26 Å². The first-order valence-corrected chi connectivity index (χ1v) is 8.52. The molecule has 1 aliphatic rings. The minimum atomic E-state index is -0.833. The third kappa shape index (κ3) is 3.63. The molecule has 0 atom stereocenters. The molecule has 5 nitrogen and oxygen atoms in total. The smallest absolute Gasteiger partial charge is 0.263 e. The molecule has 1 fully saturated rings. The fourth-order valence-electron chi connectivity index (χ4n) is 3.37. The highest BCUT2D eigenvalue weighted by Crippen LogP contribution is 2.29. The minimum absolute atomic E-state index is 0.0803. The molecule has 2 aromatic rings. The lowest BCUT2D eigenvalue weighted by Gasteiger charge is -2.21. The highest BCUT2D eigenvalue weighted by Gasteiger charge is 2.36. The van der Waals surface area contributed by atoms with Crippen LogP contribution < -0.4 is 10.9 Å². The molecule has 5 heteroatoms. The number of aromatic nitrogens is 1. The van der Waals surface area contributed by atoms with Crippen LogP contribution in [0, 0.1) is 18.3 Å². The molecule has 1 aromatic carbocycles. The van der Waals surface area contributed by atoms with Crippen LogP contribution in [0.3, 0.4) is 0 Å². The van der Waals surface area contributed by atoms with Gasteiger partial charge < -0.3 is 9.88 Å². The molecule has 0 spiro atoms. The molecule has 0 bridgehead atoms. The summed E-state index contributed by atoms with van der Waals surface area (Å²) in [4.78, 5) is 25.3. The van der Waals surface area contributed by atoms with E-state index in [-0.39, 0.29) is 11.1 Å². The van der Waals surface area contributed by atoms with E-state index in [0.717, 1.165) is 24.0 Å². The summed E-state index contributed by atoms with van der Waals surface area (Å²) in [5.74, 6) is -0.466. The summed E-state index contributed by atoms with van der Waals surface area (Å²) in [6.07, 6.45) is 4.79. The van der Waals surface area contributed by atoms with Crippen LogP contribution in [0.15, 0.2) is 47.4 Å². The van der Waals surface area contributed by atoms with Gasteiger partial charge in [-0.15, -0.1) is 0 Å². The normalized spacial score (nSPS) is 15.5. The number of carbonyl (C=O) groups is 1. The summed E-state index contributed by atoms with van der Waals surface area (Å²) in [5, 5.41) is 12.2. The number of hydrogen-bond acceptors (Lipinski definition) is 3. The van der Waals surface area contributed by atoms with E-state index in [9.17, 15) is 14.9 Å². The molecule has 1 N–H and O–H groups in total. The van der Waals surface area contributed by atoms with Crippen LogP contribution in [0.1, 0.15) is 47.2 Å². The van der Waals surface area contributed by atoms with E-state index in [1.165, 1.54) is 10.6 Å². The van der Waals surface area contributed by atoms with Crippen molar-refractivity contribution >= 4 is 5.91 Å². The molecule has 1 amide bonds. The van der Waals surface area contributed by atoms with E-state index in [0.29, 0.717) is 19.4 Å². The average Bonchev–Trinajstić information content (AvgIpc) is 3.06. The third-order valence-corrected chi connectivity index (χ3v) is 4.72. The zero-order valence-corrected chi connectivity index (χ0v) is 14.3. The van der Waals surface area contributed by atoms with Crippen LogP contribution >= 0.6 is 0 Å². The molecule has 0 aliphatic heterocycles. The maximum Gasteiger partial charge on any atom is 0.263 e. The number of rotatable bonds is 4. The van der Waals surface area contributed by atoms with Gasteiger partial charge in [-0.2, -0.15) is 5.26 Å². The molecule has 128 valence electrons. The van der Waals surface area contributed by atoms with E-state index >= 15 is 0 Å². The lowest BCUT2D eigenvalue weighted by molar-refractivity contribution is 0.0918. The van der Waals surface area contributed by atoms with Crippen LogP contribution in [-0.2, 0) is 6.54 Å². The number of nitrogens with one attached hydrogen (secondary N) is 1. The number of benzene rings is 1. The van der Waals surface area contributed by atoms with Gasteiger partial charge in [-0.25, -0.2) is 0 Å². The Kier molecular flexibility index (Phi) is 4.71. The predicted octanol–water partition coefficient (Wildman–Crippen LogP) is 2.77. The Morgan fingerprint density at radius 3 is 2.72 bits per heavy atom. The number of amides is 1. The van der Waals surface area contributed by atoms with Crippen LogP contribution in [0.2, 0.25) is 0 Å². The quantitative estimate of drug-likeness (QED) is 0.933. The maximum atomic E-state index is 12.7. The van der Waals surface area contributed by atoms with Crippen molar-refractivity contribution in [3.8, 4) is 6.07 Å². The molecule has 3 rings (SSSR count). The number of aryl methyl sites for hydroxylation is 1. The predicted molar refractivity (Wildman–Crippen MR) is 95.3 cm³/mol. The van der Waals surface area contributed by atoms with Gasteiger partial charge in [0.25, 0.3) is 11.5 Å². The van der Waals surface area contributed by atoms with Crippen molar-refractivity contribution in [1.82, 2.24) is 9.88 Å². The zero-order valence-electron chi connectivity index (χ0n) is 14.3. The highest BCUT2D eigenvalue weighted by molar-refractivity contribution is 5.94. The van der Waals surface area contributed by atoms with Gasteiger partial charge in [-0.05, 0) is 50.3 Å². The molecule has 1 aliphatic carbocycles. The molecule has 1 heterocycles. The third-order valence-electron chi connectivity index (χ3n) is 4.72. The summed E-state index contributed by atoms with van der Waals surface area (Å²) >= 11 is 0. The second-order valence-corrected chi connectivity index (χ2v) is 6.70. The van der Waals surface area contributed by atoms with E-state index in [4.69, 9.17) is 0 Å². The average molecular weight is 335 g/mol. The van der Waals surface area contributed by atoms with Gasteiger partial charge in [0.2, 0.25) is 0 Å². The van der Waals surface area contributed by atoms with Gasteiger partial charge in [0, 0.05) is 6.20 Å². The SMILES string of the molecule is Cc1cccc(Cn2cccc(C(=O)NC3(C#N)CCCC3)c2=O)c1. The van der Waals surface area contributed by atoms with Crippen LogP contribution in [-0.4, -0.2) is 16.0 Å². The fraction of sp³-hybridized carbons (Fsp3) is 0.350. The molecule has 25 heavy (non-hydrogen) atoms. The van der Waals surface area contributed by atoms with Gasteiger partial charge in [0.05, 0.1) is 12.6 Å². The van der Waals surface area contributed by atoms with Crippen molar-refractivity contribution < 1.29 is 4.79 Å². The Morgan fingerprint density at radius 2 is 2.04 bits per heavy atom. The molecule has 0 saturated heterocycles. The topological polar surface area (TPSA) is 74.9 Å². The number of nitriles is 1. The standard InChI is InChI=1S/C20H21N3O2/c1-15-6-4-7-16(12-15)13-23-11-5-8-17(19(23)25)18(24)22-20(14-21)9-2-3-10-20/h4-8,11-12H,2-3,9-10,13H2,1H3,(H,22,24). The van der Waals surface area contributed by atoms with Crippen LogP contribution in [0.25, 0.3) is 0 Å². The Labute approximate surface area is 146 Å². The number of hydrogen-bond donors (Lipinski definition) is 1. The summed E-state index contributed by atoms with van der Waals surface area (Å²) in [5.41, 5.74) is 1.03. The van der Waals surface area contributed by atoms with Crippen molar-refractivity contribution in [2.75, 3.05) is 0 Å².